The summed E-state index contributed by atoms with van der Waals surface area (Å²) < 4.78 is 5.88. The molecule has 3 N–H and O–H groups in total. The van der Waals surface area contributed by atoms with Gasteiger partial charge in [0.1, 0.15) is 12.3 Å². The number of aliphatic hydroxyl groups is 1. The van der Waals surface area contributed by atoms with Crippen molar-refractivity contribution in [1.29, 1.82) is 0 Å². The molecule has 0 saturated heterocycles. The molecule has 0 spiro atoms. The largest absolute Gasteiger partial charge is 0.489 e. The lowest BCUT2D eigenvalue weighted by molar-refractivity contribution is -0.147. The second kappa shape index (κ2) is 12.5. The maximum Gasteiger partial charge on any atom is 0.323 e. The summed E-state index contributed by atoms with van der Waals surface area (Å²) in [5.74, 6) is -1.01. The van der Waals surface area contributed by atoms with Crippen LogP contribution in [0.1, 0.15) is 45.1 Å². The van der Waals surface area contributed by atoms with Gasteiger partial charge in [-0.05, 0) is 69.4 Å². The van der Waals surface area contributed by atoms with E-state index in [2.05, 4.69) is 5.32 Å². The Morgan fingerprint density at radius 1 is 1.09 bits per heavy atom. The molecule has 1 amide bonds. The predicted octanol–water partition coefficient (Wildman–Crippen LogP) is 5.23. The molecule has 7 nitrogen and oxygen atoms in total. The molecule has 1 fully saturated rings. The molecular weight excluding hydrogens is 491 g/mol. The molecule has 9 heteroatoms. The van der Waals surface area contributed by atoms with Gasteiger partial charge in [-0.15, -0.1) is 0 Å². The number of benzene rings is 2. The van der Waals surface area contributed by atoms with E-state index in [1.165, 1.54) is 4.90 Å². The molecular formula is C26H32Cl2N2O5. The third-order valence-electron chi connectivity index (χ3n) is 6.04. The second-order valence-corrected chi connectivity index (χ2v) is 9.98. The summed E-state index contributed by atoms with van der Waals surface area (Å²) in [6.45, 7) is 3.60. The van der Waals surface area contributed by atoms with Crippen LogP contribution in [0.25, 0.3) is 0 Å². The van der Waals surface area contributed by atoms with Crippen LogP contribution in [0.4, 0.5) is 5.69 Å². The summed E-state index contributed by atoms with van der Waals surface area (Å²) in [6.07, 6.45) is 1.34. The second-order valence-electron chi connectivity index (χ2n) is 9.17. The zero-order valence-corrected chi connectivity index (χ0v) is 21.4. The van der Waals surface area contributed by atoms with E-state index in [4.69, 9.17) is 27.9 Å². The van der Waals surface area contributed by atoms with Crippen molar-refractivity contribution in [2.24, 2.45) is 5.92 Å². The van der Waals surface area contributed by atoms with Crippen molar-refractivity contribution < 1.29 is 24.5 Å². The predicted molar refractivity (Wildman–Crippen MR) is 137 cm³/mol. The van der Waals surface area contributed by atoms with Crippen molar-refractivity contribution >= 4 is 40.8 Å². The van der Waals surface area contributed by atoms with Crippen LogP contribution in [0, 0.1) is 5.92 Å². The van der Waals surface area contributed by atoms with Crippen LogP contribution < -0.4 is 10.1 Å². The highest BCUT2D eigenvalue weighted by atomic mass is 35.5. The van der Waals surface area contributed by atoms with Gasteiger partial charge in [0, 0.05) is 12.5 Å². The SMILES string of the molecule is CC(C)Oc1ccccc1N[C@H]1CC[C@@H](C(=O)N(CC(=O)O)Cc2ccc(Cl)c(Cl)c2)CC[C@@H]1O. The van der Waals surface area contributed by atoms with Gasteiger partial charge in [0.2, 0.25) is 5.91 Å². The molecule has 2 aromatic carbocycles. The fourth-order valence-corrected chi connectivity index (χ4v) is 4.66. The highest BCUT2D eigenvalue weighted by Crippen LogP contribution is 2.32. The number of para-hydroxylation sites is 2. The maximum atomic E-state index is 13.4. The molecule has 35 heavy (non-hydrogen) atoms. The van der Waals surface area contributed by atoms with E-state index in [-0.39, 0.29) is 30.5 Å². The molecule has 1 aliphatic rings. The normalized spacial score (nSPS) is 20.2. The molecule has 3 atom stereocenters. The molecule has 0 unspecified atom stereocenters. The molecule has 0 aliphatic heterocycles. The minimum atomic E-state index is -1.09. The van der Waals surface area contributed by atoms with Crippen molar-refractivity contribution in [2.45, 2.75) is 64.3 Å². The first-order valence-corrected chi connectivity index (χ1v) is 12.5. The molecule has 2 aromatic rings. The van der Waals surface area contributed by atoms with Crippen molar-refractivity contribution in [3.63, 3.8) is 0 Å². The van der Waals surface area contributed by atoms with E-state index in [1.807, 2.05) is 38.1 Å². The van der Waals surface area contributed by atoms with E-state index in [1.54, 1.807) is 18.2 Å². The van der Waals surface area contributed by atoms with Gasteiger partial charge >= 0.3 is 5.97 Å². The standard InChI is InChI=1S/C26H32Cl2N2O5/c1-16(2)35-24-6-4-3-5-22(24)29-21-11-8-18(9-12-23(21)31)26(34)30(15-25(32)33)14-17-7-10-19(27)20(28)13-17/h3-7,10,13,16,18,21,23,29,31H,8-9,11-12,14-15H2,1-2H3,(H,32,33)/t18-,21+,23+/m1/s1. The van der Waals surface area contributed by atoms with E-state index in [0.29, 0.717) is 47.0 Å². The molecule has 190 valence electrons. The van der Waals surface area contributed by atoms with Gasteiger partial charge in [0.25, 0.3) is 0 Å². The summed E-state index contributed by atoms with van der Waals surface area (Å²) in [4.78, 5) is 26.2. The molecule has 0 radical (unpaired) electrons. The lowest BCUT2D eigenvalue weighted by Crippen LogP contribution is -2.39. The zero-order chi connectivity index (χ0) is 25.5. The number of ether oxygens (including phenoxy) is 1. The number of aliphatic carboxylic acids is 1. The fourth-order valence-electron chi connectivity index (χ4n) is 4.34. The van der Waals surface area contributed by atoms with E-state index in [9.17, 15) is 19.8 Å². The smallest absolute Gasteiger partial charge is 0.323 e. The number of nitrogens with zero attached hydrogens (tertiary/aromatic N) is 1. The van der Waals surface area contributed by atoms with E-state index < -0.39 is 18.6 Å². The van der Waals surface area contributed by atoms with Crippen LogP contribution in [-0.2, 0) is 16.1 Å². The molecule has 3 rings (SSSR count). The number of nitrogens with one attached hydrogen (secondary N) is 1. The Bertz CT molecular complexity index is 1030. The number of rotatable bonds is 9. The number of carbonyl (C=O) groups is 2. The fraction of sp³-hybridized carbons (Fsp3) is 0.462. The summed E-state index contributed by atoms with van der Waals surface area (Å²) in [5, 5.41) is 24.3. The first-order chi connectivity index (χ1) is 16.6. The number of carboxylic acid groups (broad SMARTS) is 1. The average Bonchev–Trinajstić information content (AvgIpc) is 2.97. The molecule has 0 aromatic heterocycles. The van der Waals surface area contributed by atoms with Crippen LogP contribution in [0.15, 0.2) is 42.5 Å². The number of anilines is 1. The highest BCUT2D eigenvalue weighted by molar-refractivity contribution is 6.42. The Labute approximate surface area is 216 Å². The van der Waals surface area contributed by atoms with Gasteiger partial charge in [0.15, 0.2) is 0 Å². The molecule has 1 aliphatic carbocycles. The van der Waals surface area contributed by atoms with Gasteiger partial charge in [0.05, 0.1) is 34.0 Å². The first kappa shape index (κ1) is 27.1. The van der Waals surface area contributed by atoms with Crippen molar-refractivity contribution in [3.05, 3.63) is 58.1 Å². The highest BCUT2D eigenvalue weighted by Gasteiger charge is 2.32. The minimum Gasteiger partial charge on any atom is -0.489 e. The van der Waals surface area contributed by atoms with Crippen molar-refractivity contribution in [1.82, 2.24) is 4.90 Å². The van der Waals surface area contributed by atoms with Gasteiger partial charge in [-0.25, -0.2) is 0 Å². The number of amides is 1. The summed E-state index contributed by atoms with van der Waals surface area (Å²) in [5.41, 5.74) is 1.49. The lowest BCUT2D eigenvalue weighted by Gasteiger charge is -2.26. The zero-order valence-electron chi connectivity index (χ0n) is 19.9. The molecule has 1 saturated carbocycles. The Balaban J connectivity index is 1.70. The molecule has 0 bridgehead atoms. The topological polar surface area (TPSA) is 99.1 Å². The first-order valence-electron chi connectivity index (χ1n) is 11.8. The number of aliphatic hydroxyl groups excluding tert-OH is 1. The Morgan fingerprint density at radius 3 is 2.49 bits per heavy atom. The van der Waals surface area contributed by atoms with Crippen LogP contribution in [0.2, 0.25) is 10.0 Å². The van der Waals surface area contributed by atoms with E-state index in [0.717, 1.165) is 5.69 Å². The Kier molecular flexibility index (Phi) is 9.66. The van der Waals surface area contributed by atoms with Crippen LogP contribution in [0.5, 0.6) is 5.75 Å². The Hall–Kier alpha value is -2.48. The van der Waals surface area contributed by atoms with Crippen LogP contribution in [0.3, 0.4) is 0 Å². The van der Waals surface area contributed by atoms with Crippen LogP contribution in [-0.4, -0.2) is 51.8 Å². The summed E-state index contributed by atoms with van der Waals surface area (Å²) in [7, 11) is 0. The van der Waals surface area contributed by atoms with Gasteiger partial charge in [-0.3, -0.25) is 9.59 Å². The third-order valence-corrected chi connectivity index (χ3v) is 6.78. The van der Waals surface area contributed by atoms with Gasteiger partial charge in [-0.1, -0.05) is 41.4 Å². The number of hydrogen-bond acceptors (Lipinski definition) is 5. The summed E-state index contributed by atoms with van der Waals surface area (Å²) in [6, 6.07) is 12.3. The van der Waals surface area contributed by atoms with Crippen molar-refractivity contribution in [3.8, 4) is 5.75 Å². The van der Waals surface area contributed by atoms with E-state index >= 15 is 0 Å². The van der Waals surface area contributed by atoms with Gasteiger partial charge in [-0.2, -0.15) is 0 Å². The Morgan fingerprint density at radius 2 is 1.80 bits per heavy atom. The lowest BCUT2D eigenvalue weighted by atomic mass is 9.98. The quantitative estimate of drug-likeness (QED) is 0.390. The van der Waals surface area contributed by atoms with Gasteiger partial charge < -0.3 is 25.2 Å². The minimum absolute atomic E-state index is 0.00903. The van der Waals surface area contributed by atoms with Crippen LogP contribution >= 0.6 is 23.2 Å². The van der Waals surface area contributed by atoms with Crippen molar-refractivity contribution in [2.75, 3.05) is 11.9 Å². The third kappa shape index (κ3) is 7.75. The molecule has 0 heterocycles. The number of carbonyl (C=O) groups excluding carboxylic acids is 1. The average molecular weight is 523 g/mol. The maximum absolute atomic E-state index is 13.4. The number of halogens is 2. The summed E-state index contributed by atoms with van der Waals surface area (Å²) >= 11 is 12.1. The number of carboxylic acids is 1. The monoisotopic (exact) mass is 522 g/mol. The number of hydrogen-bond donors (Lipinski definition) is 3.